The average Bonchev–Trinajstić information content (AvgIpc) is 2.95. The van der Waals surface area contributed by atoms with E-state index in [1.165, 1.54) is 12.3 Å². The smallest absolute Gasteiger partial charge is 0.289 e. The number of likely N-dealkylation sites (tertiary alicyclic amines) is 1. The molecule has 2 heterocycles. The zero-order valence-corrected chi connectivity index (χ0v) is 13.1. The van der Waals surface area contributed by atoms with E-state index in [0.29, 0.717) is 25.9 Å². The van der Waals surface area contributed by atoms with Gasteiger partial charge in [0.25, 0.3) is 11.5 Å². The van der Waals surface area contributed by atoms with Gasteiger partial charge in [-0.1, -0.05) is 30.3 Å². The van der Waals surface area contributed by atoms with Crippen molar-refractivity contribution < 1.29 is 9.18 Å². The van der Waals surface area contributed by atoms with E-state index in [0.717, 1.165) is 5.56 Å². The van der Waals surface area contributed by atoms with Crippen LogP contribution in [0.4, 0.5) is 4.39 Å². The van der Waals surface area contributed by atoms with Gasteiger partial charge in [0.05, 0.1) is 0 Å². The molecule has 0 bridgehead atoms. The number of halogens is 1. The predicted octanol–water partition coefficient (Wildman–Crippen LogP) is 2.13. The number of benzene rings is 1. The summed E-state index contributed by atoms with van der Waals surface area (Å²) < 4.78 is 13.6. The first kappa shape index (κ1) is 15.1. The summed E-state index contributed by atoms with van der Waals surface area (Å²) in [7, 11) is 0. The van der Waals surface area contributed by atoms with Crippen LogP contribution in [0.5, 0.6) is 0 Å². The zero-order chi connectivity index (χ0) is 16.7. The van der Waals surface area contributed by atoms with Crippen molar-refractivity contribution in [2.45, 2.75) is 24.9 Å². The molecule has 0 unspecified atom stereocenters. The van der Waals surface area contributed by atoms with Crippen LogP contribution in [0.1, 0.15) is 34.9 Å². The van der Waals surface area contributed by atoms with Crippen molar-refractivity contribution in [1.82, 2.24) is 14.9 Å². The van der Waals surface area contributed by atoms with Crippen LogP contribution in [0.15, 0.2) is 47.4 Å². The van der Waals surface area contributed by atoms with E-state index in [1.54, 1.807) is 4.90 Å². The van der Waals surface area contributed by atoms with Gasteiger partial charge in [-0.2, -0.15) is 0 Å². The number of H-pyrrole nitrogens is 1. The first-order valence-electron chi connectivity index (χ1n) is 8.11. The summed E-state index contributed by atoms with van der Waals surface area (Å²) in [5.41, 5.74) is 0.578. The molecule has 1 aliphatic carbocycles. The van der Waals surface area contributed by atoms with Gasteiger partial charge < -0.3 is 9.88 Å². The van der Waals surface area contributed by atoms with Gasteiger partial charge in [-0.3, -0.25) is 9.59 Å². The van der Waals surface area contributed by atoms with Crippen molar-refractivity contribution in [2.75, 3.05) is 13.1 Å². The average molecular weight is 327 g/mol. The van der Waals surface area contributed by atoms with Crippen molar-refractivity contribution in [3.63, 3.8) is 0 Å². The number of aromatic amines is 1. The molecule has 2 aromatic rings. The maximum atomic E-state index is 13.6. The zero-order valence-electron chi connectivity index (χ0n) is 13.1. The number of carbonyl (C=O) groups excluding carboxylic acids is 1. The molecule has 0 radical (unpaired) electrons. The highest BCUT2D eigenvalue weighted by Gasteiger charge is 2.56. The Morgan fingerprint density at radius 1 is 1.25 bits per heavy atom. The van der Waals surface area contributed by atoms with Crippen LogP contribution in [0, 0.1) is 5.41 Å². The maximum absolute atomic E-state index is 13.6. The maximum Gasteiger partial charge on any atom is 0.289 e. The van der Waals surface area contributed by atoms with Gasteiger partial charge in [0.2, 0.25) is 0 Å². The monoisotopic (exact) mass is 327 g/mol. The summed E-state index contributed by atoms with van der Waals surface area (Å²) in [5, 5.41) is 0. The lowest BCUT2D eigenvalue weighted by Crippen LogP contribution is -2.44. The Kier molecular flexibility index (Phi) is 3.48. The van der Waals surface area contributed by atoms with Crippen LogP contribution in [0.3, 0.4) is 0 Å². The number of amides is 1. The van der Waals surface area contributed by atoms with Crippen LogP contribution < -0.4 is 5.56 Å². The lowest BCUT2D eigenvalue weighted by molar-refractivity contribution is 0.0204. The second-order valence-electron chi connectivity index (χ2n) is 6.80. The van der Waals surface area contributed by atoms with Crippen molar-refractivity contribution >= 4 is 5.91 Å². The van der Waals surface area contributed by atoms with E-state index in [9.17, 15) is 14.0 Å². The van der Waals surface area contributed by atoms with Gasteiger partial charge in [0.15, 0.2) is 5.82 Å². The van der Waals surface area contributed by atoms with Crippen LogP contribution >= 0.6 is 0 Å². The van der Waals surface area contributed by atoms with Crippen LogP contribution in [-0.2, 0) is 0 Å². The van der Waals surface area contributed by atoms with Gasteiger partial charge >= 0.3 is 0 Å². The van der Waals surface area contributed by atoms with E-state index >= 15 is 0 Å². The summed E-state index contributed by atoms with van der Waals surface area (Å²) in [4.78, 5) is 32.2. The van der Waals surface area contributed by atoms with E-state index in [-0.39, 0.29) is 28.6 Å². The molecular formula is C18H18FN3O2. The Hall–Kier alpha value is -2.50. The largest absolute Gasteiger partial charge is 0.335 e. The number of carbonyl (C=O) groups is 1. The molecular weight excluding hydrogens is 309 g/mol. The summed E-state index contributed by atoms with van der Waals surface area (Å²) in [6.07, 6.45) is 1.50. The van der Waals surface area contributed by atoms with Crippen LogP contribution in [0.25, 0.3) is 0 Å². The predicted molar refractivity (Wildman–Crippen MR) is 86.5 cm³/mol. The molecule has 1 atom stereocenters. The molecule has 1 saturated heterocycles. The third kappa shape index (κ3) is 2.42. The summed E-state index contributed by atoms with van der Waals surface area (Å²) in [6.45, 7) is 1.03. The highest BCUT2D eigenvalue weighted by Crippen LogP contribution is 2.56. The third-order valence-corrected chi connectivity index (χ3v) is 5.27. The normalized spacial score (nSPS) is 28.8. The second kappa shape index (κ2) is 5.54. The van der Waals surface area contributed by atoms with E-state index in [2.05, 4.69) is 9.97 Å². The molecule has 1 saturated carbocycles. The molecule has 1 amide bonds. The molecule has 1 spiro atoms. The van der Waals surface area contributed by atoms with E-state index in [4.69, 9.17) is 0 Å². The first-order valence-corrected chi connectivity index (χ1v) is 8.11. The molecule has 24 heavy (non-hydrogen) atoms. The lowest BCUT2D eigenvalue weighted by atomic mass is 9.60. The van der Waals surface area contributed by atoms with Gasteiger partial charge in [0.1, 0.15) is 6.17 Å². The minimum atomic E-state index is -0.791. The topological polar surface area (TPSA) is 66.1 Å². The highest BCUT2D eigenvalue weighted by molar-refractivity contribution is 5.90. The Balaban J connectivity index is 1.63. The van der Waals surface area contributed by atoms with Gasteiger partial charge in [0, 0.05) is 36.7 Å². The van der Waals surface area contributed by atoms with E-state index in [1.807, 2.05) is 30.3 Å². The summed E-state index contributed by atoms with van der Waals surface area (Å²) in [6, 6.07) is 11.2. The number of hydrogen-bond acceptors (Lipinski definition) is 3. The Morgan fingerprint density at radius 3 is 2.67 bits per heavy atom. The number of nitrogens with one attached hydrogen (secondary N) is 1. The molecule has 4 rings (SSSR count). The SMILES string of the molecule is O=C(c1nccc(=O)[nH]1)N1C[C@H](c2ccccc2)C2(CC(F)C2)C1. The Bertz CT molecular complexity index is 814. The Morgan fingerprint density at radius 2 is 2.00 bits per heavy atom. The first-order chi connectivity index (χ1) is 11.6. The molecule has 5 nitrogen and oxygen atoms in total. The molecule has 1 aromatic heterocycles. The summed E-state index contributed by atoms with van der Waals surface area (Å²) in [5.74, 6) is -0.139. The van der Waals surface area contributed by atoms with Crippen LogP contribution in [0.2, 0.25) is 0 Å². The molecule has 2 fully saturated rings. The fourth-order valence-corrected chi connectivity index (χ4v) is 4.13. The number of nitrogens with zero attached hydrogens (tertiary/aromatic N) is 2. The number of rotatable bonds is 2. The number of hydrogen-bond donors (Lipinski definition) is 1. The highest BCUT2D eigenvalue weighted by atomic mass is 19.1. The molecule has 2 aliphatic rings. The summed E-state index contributed by atoms with van der Waals surface area (Å²) >= 11 is 0. The molecule has 6 heteroatoms. The molecule has 1 aliphatic heterocycles. The van der Waals surface area contributed by atoms with Crippen molar-refractivity contribution in [3.05, 3.63) is 64.3 Å². The van der Waals surface area contributed by atoms with Crippen molar-refractivity contribution in [3.8, 4) is 0 Å². The minimum absolute atomic E-state index is 0.0440. The van der Waals surface area contributed by atoms with Crippen molar-refractivity contribution in [2.24, 2.45) is 5.41 Å². The van der Waals surface area contributed by atoms with Crippen LogP contribution in [-0.4, -0.2) is 40.0 Å². The second-order valence-corrected chi connectivity index (χ2v) is 6.80. The van der Waals surface area contributed by atoms with E-state index < -0.39 is 6.17 Å². The van der Waals surface area contributed by atoms with Gasteiger partial charge in [-0.25, -0.2) is 9.37 Å². The minimum Gasteiger partial charge on any atom is -0.335 e. The number of alkyl halides is 1. The third-order valence-electron chi connectivity index (χ3n) is 5.27. The fourth-order valence-electron chi connectivity index (χ4n) is 4.13. The quantitative estimate of drug-likeness (QED) is 0.919. The molecule has 1 aromatic carbocycles. The molecule has 124 valence electrons. The fraction of sp³-hybridized carbons (Fsp3) is 0.389. The van der Waals surface area contributed by atoms with Gasteiger partial charge in [-0.05, 0) is 18.4 Å². The Labute approximate surface area is 138 Å². The van der Waals surface area contributed by atoms with Gasteiger partial charge in [-0.15, -0.1) is 0 Å². The number of aromatic nitrogens is 2. The standard InChI is InChI=1S/C18H18FN3O2/c19-13-8-18(9-13)11-22(10-14(18)12-4-2-1-3-5-12)17(24)16-20-7-6-15(23)21-16/h1-7,13-14H,8-11H2,(H,20,21,23)/t13?,14-,18?/m1/s1. The molecule has 1 N–H and O–H groups in total. The lowest BCUT2D eigenvalue weighted by Gasteiger charge is -2.45. The van der Waals surface area contributed by atoms with Crippen molar-refractivity contribution in [1.29, 1.82) is 0 Å².